The molecule has 0 aliphatic carbocycles. The summed E-state index contributed by atoms with van der Waals surface area (Å²) in [6, 6.07) is 8.07. The summed E-state index contributed by atoms with van der Waals surface area (Å²) in [6.45, 7) is 9.53. The Balaban J connectivity index is 2.37. The minimum absolute atomic E-state index is 0.211. The number of thiophene rings is 1. The summed E-state index contributed by atoms with van der Waals surface area (Å²) in [6.07, 6.45) is 0. The topological polar surface area (TPSA) is 12.0 Å². The highest BCUT2D eigenvalue weighted by Crippen LogP contribution is 2.36. The van der Waals surface area contributed by atoms with Crippen LogP contribution in [0.15, 0.2) is 28.7 Å². The molecule has 2 aromatic rings. The maximum Gasteiger partial charge on any atom is 0.138 e. The van der Waals surface area contributed by atoms with E-state index in [0.717, 1.165) is 22.5 Å². The maximum atomic E-state index is 13.8. The Morgan fingerprint density at radius 3 is 2.62 bits per heavy atom. The molecule has 0 bridgehead atoms. The molecule has 0 radical (unpaired) electrons. The molecule has 0 aliphatic rings. The van der Waals surface area contributed by atoms with Crippen molar-refractivity contribution in [2.45, 2.75) is 33.7 Å². The van der Waals surface area contributed by atoms with Crippen LogP contribution in [-0.2, 0) is 0 Å². The monoisotopic (exact) mass is 369 g/mol. The summed E-state index contributed by atoms with van der Waals surface area (Å²) < 4.78 is 14.3. The number of benzene rings is 1. The summed E-state index contributed by atoms with van der Waals surface area (Å²) >= 11 is 4.99. The lowest BCUT2D eigenvalue weighted by Gasteiger charge is -2.20. The van der Waals surface area contributed by atoms with Gasteiger partial charge in [0.25, 0.3) is 0 Å². The second-order valence-electron chi connectivity index (χ2n) is 5.56. The summed E-state index contributed by atoms with van der Waals surface area (Å²) in [4.78, 5) is 2.43. The number of hydrogen-bond donors (Lipinski definition) is 1. The van der Waals surface area contributed by atoms with Gasteiger partial charge in [0.1, 0.15) is 5.82 Å². The fourth-order valence-electron chi connectivity index (χ4n) is 2.46. The molecule has 0 amide bonds. The van der Waals surface area contributed by atoms with E-state index in [9.17, 15) is 4.39 Å². The van der Waals surface area contributed by atoms with E-state index in [2.05, 4.69) is 54.2 Å². The zero-order valence-corrected chi connectivity index (χ0v) is 15.2. The van der Waals surface area contributed by atoms with Crippen molar-refractivity contribution in [2.75, 3.05) is 6.54 Å². The van der Waals surface area contributed by atoms with Gasteiger partial charge in [-0.25, -0.2) is 4.39 Å². The number of nitrogens with one attached hydrogen (secondary N) is 1. The third kappa shape index (κ3) is 3.74. The van der Waals surface area contributed by atoms with Crippen LogP contribution in [0, 0.1) is 18.7 Å². The summed E-state index contributed by atoms with van der Waals surface area (Å²) in [5.41, 5.74) is 2.06. The highest BCUT2D eigenvalue weighted by Gasteiger charge is 2.18. The first-order chi connectivity index (χ1) is 9.93. The van der Waals surface area contributed by atoms with Crippen LogP contribution in [0.4, 0.5) is 4.39 Å². The third-order valence-corrected chi connectivity index (χ3v) is 5.37. The van der Waals surface area contributed by atoms with Gasteiger partial charge in [-0.2, -0.15) is 0 Å². The van der Waals surface area contributed by atoms with Crippen LogP contribution >= 0.6 is 27.3 Å². The van der Waals surface area contributed by atoms with E-state index in [1.54, 1.807) is 17.4 Å². The molecule has 2 rings (SSSR count). The normalized spacial score (nSPS) is 12.9. The van der Waals surface area contributed by atoms with Gasteiger partial charge < -0.3 is 5.32 Å². The second-order valence-corrected chi connectivity index (χ2v) is 7.53. The largest absolute Gasteiger partial charge is 0.309 e. The summed E-state index contributed by atoms with van der Waals surface area (Å²) in [5.74, 6) is 0.317. The Morgan fingerprint density at radius 2 is 2.00 bits per heavy atom. The van der Waals surface area contributed by atoms with Gasteiger partial charge in [-0.3, -0.25) is 0 Å². The Kier molecular flexibility index (Phi) is 5.58. The zero-order valence-electron chi connectivity index (χ0n) is 12.8. The molecule has 1 atom stereocenters. The third-order valence-electron chi connectivity index (χ3n) is 3.56. The molecule has 114 valence electrons. The van der Waals surface area contributed by atoms with Crippen LogP contribution in [-0.4, -0.2) is 6.54 Å². The number of aryl methyl sites for hydroxylation is 1. The van der Waals surface area contributed by atoms with E-state index in [1.165, 1.54) is 4.88 Å². The Labute approximate surface area is 138 Å². The molecule has 0 spiro atoms. The molecule has 0 saturated carbocycles. The fraction of sp³-hybridized carbons (Fsp3) is 0.412. The highest BCUT2D eigenvalue weighted by atomic mass is 79.9. The fourth-order valence-corrected chi connectivity index (χ4v) is 4.26. The SMILES string of the molecule is CCNC(c1ccc(-c2cc(F)c(Br)cc2C)s1)C(C)C. The number of halogens is 2. The Bertz CT molecular complexity index is 621. The van der Waals surface area contributed by atoms with Crippen molar-refractivity contribution in [3.63, 3.8) is 0 Å². The van der Waals surface area contributed by atoms with E-state index in [0.29, 0.717) is 16.4 Å². The molecule has 1 nitrogen and oxygen atoms in total. The van der Waals surface area contributed by atoms with Gasteiger partial charge in [-0.05, 0) is 70.7 Å². The minimum atomic E-state index is -0.211. The predicted octanol–water partition coefficient (Wildman–Crippen LogP) is 5.93. The van der Waals surface area contributed by atoms with Crippen molar-refractivity contribution in [3.05, 3.63) is 45.0 Å². The average molecular weight is 370 g/mol. The van der Waals surface area contributed by atoms with E-state index < -0.39 is 0 Å². The van der Waals surface area contributed by atoms with Crippen molar-refractivity contribution in [1.29, 1.82) is 0 Å². The average Bonchev–Trinajstić information content (AvgIpc) is 2.89. The van der Waals surface area contributed by atoms with Crippen LogP contribution < -0.4 is 5.32 Å². The van der Waals surface area contributed by atoms with Crippen LogP contribution in [0.3, 0.4) is 0 Å². The predicted molar refractivity (Wildman–Crippen MR) is 93.4 cm³/mol. The quantitative estimate of drug-likeness (QED) is 0.688. The molecule has 0 saturated heterocycles. The first kappa shape index (κ1) is 16.7. The van der Waals surface area contributed by atoms with Crippen molar-refractivity contribution >= 4 is 27.3 Å². The molecule has 4 heteroatoms. The number of hydrogen-bond acceptors (Lipinski definition) is 2. The van der Waals surface area contributed by atoms with Crippen molar-refractivity contribution in [3.8, 4) is 10.4 Å². The van der Waals surface area contributed by atoms with E-state index in [1.807, 2.05) is 13.0 Å². The summed E-state index contributed by atoms with van der Waals surface area (Å²) in [7, 11) is 0. The van der Waals surface area contributed by atoms with Crippen molar-refractivity contribution in [1.82, 2.24) is 5.32 Å². The minimum Gasteiger partial charge on any atom is -0.309 e. The highest BCUT2D eigenvalue weighted by molar-refractivity contribution is 9.10. The first-order valence-corrected chi connectivity index (χ1v) is 8.84. The van der Waals surface area contributed by atoms with Gasteiger partial charge >= 0.3 is 0 Å². The molecule has 1 unspecified atom stereocenters. The number of rotatable bonds is 5. The van der Waals surface area contributed by atoms with E-state index in [-0.39, 0.29) is 5.82 Å². The Hall–Kier alpha value is -0.710. The van der Waals surface area contributed by atoms with Crippen LogP contribution in [0.25, 0.3) is 10.4 Å². The molecular weight excluding hydrogens is 349 g/mol. The lowest BCUT2D eigenvalue weighted by Crippen LogP contribution is -2.24. The standard InChI is InChI=1S/C17H21BrFNS/c1-5-20-17(10(2)3)16-7-6-15(21-16)12-9-14(19)13(18)8-11(12)4/h6-10,17,20H,5H2,1-4H3. The van der Waals surface area contributed by atoms with Gasteiger partial charge in [0.05, 0.1) is 4.47 Å². The van der Waals surface area contributed by atoms with Gasteiger partial charge in [-0.15, -0.1) is 11.3 Å². The van der Waals surface area contributed by atoms with E-state index in [4.69, 9.17) is 0 Å². The first-order valence-electron chi connectivity index (χ1n) is 7.23. The smallest absolute Gasteiger partial charge is 0.138 e. The maximum absolute atomic E-state index is 13.8. The van der Waals surface area contributed by atoms with Crippen molar-refractivity contribution in [2.24, 2.45) is 5.92 Å². The molecule has 1 N–H and O–H groups in total. The van der Waals surface area contributed by atoms with E-state index >= 15 is 0 Å². The Morgan fingerprint density at radius 1 is 1.29 bits per heavy atom. The zero-order chi connectivity index (χ0) is 15.6. The molecule has 0 fully saturated rings. The van der Waals surface area contributed by atoms with Gasteiger partial charge in [0.15, 0.2) is 0 Å². The van der Waals surface area contributed by atoms with Crippen LogP contribution in [0.1, 0.15) is 37.3 Å². The van der Waals surface area contributed by atoms with Gasteiger partial charge in [0.2, 0.25) is 0 Å². The summed E-state index contributed by atoms with van der Waals surface area (Å²) in [5, 5.41) is 3.53. The molecule has 1 heterocycles. The lowest BCUT2D eigenvalue weighted by molar-refractivity contribution is 0.428. The molecule has 21 heavy (non-hydrogen) atoms. The van der Waals surface area contributed by atoms with Gasteiger partial charge in [-0.1, -0.05) is 20.8 Å². The molecule has 1 aromatic carbocycles. The lowest BCUT2D eigenvalue weighted by atomic mass is 10.0. The molecular formula is C17H21BrFNS. The van der Waals surface area contributed by atoms with Gasteiger partial charge in [0, 0.05) is 15.8 Å². The van der Waals surface area contributed by atoms with Crippen LogP contribution in [0.5, 0.6) is 0 Å². The van der Waals surface area contributed by atoms with Crippen LogP contribution in [0.2, 0.25) is 0 Å². The second kappa shape index (κ2) is 7.03. The molecule has 1 aromatic heterocycles. The molecule has 0 aliphatic heterocycles. The van der Waals surface area contributed by atoms with Crippen molar-refractivity contribution < 1.29 is 4.39 Å².